The lowest BCUT2D eigenvalue weighted by Gasteiger charge is -2.14. The summed E-state index contributed by atoms with van der Waals surface area (Å²) >= 11 is 12.0. The largest absolute Gasteiger partial charge is 0.493 e. The Bertz CT molecular complexity index is 1790. The Labute approximate surface area is 253 Å². The first kappa shape index (κ1) is 29.7. The molecule has 220 valence electrons. The Kier molecular flexibility index (Phi) is 8.74. The van der Waals surface area contributed by atoms with E-state index in [2.05, 4.69) is 20.6 Å². The number of alkyl halides is 3. The number of aromatic nitrogens is 2. The van der Waals surface area contributed by atoms with Crippen LogP contribution in [0.4, 0.5) is 29.3 Å². The van der Waals surface area contributed by atoms with E-state index in [4.69, 9.17) is 37.4 Å². The van der Waals surface area contributed by atoms with E-state index >= 15 is 0 Å². The van der Waals surface area contributed by atoms with Crippen molar-refractivity contribution in [3.05, 3.63) is 106 Å². The molecule has 0 aliphatic rings. The second kappa shape index (κ2) is 12.6. The highest BCUT2D eigenvalue weighted by Gasteiger charge is 2.33. The Morgan fingerprint density at radius 2 is 1.67 bits per heavy atom. The molecule has 8 nitrogen and oxygen atoms in total. The van der Waals surface area contributed by atoms with Gasteiger partial charge in [0.2, 0.25) is 5.88 Å². The van der Waals surface area contributed by atoms with Crippen LogP contribution in [0.5, 0.6) is 23.1 Å². The quantitative estimate of drug-likeness (QED) is 0.178. The Hall–Kier alpha value is -4.74. The van der Waals surface area contributed by atoms with Crippen molar-refractivity contribution in [2.24, 2.45) is 0 Å². The van der Waals surface area contributed by atoms with Gasteiger partial charge >= 0.3 is 12.2 Å². The first-order valence-electron chi connectivity index (χ1n) is 12.5. The van der Waals surface area contributed by atoms with Crippen LogP contribution in [0.25, 0.3) is 10.9 Å². The number of hydrogen-bond acceptors (Lipinski definition) is 6. The number of anilines is 2. The number of amides is 2. The van der Waals surface area contributed by atoms with Gasteiger partial charge in [0.25, 0.3) is 0 Å². The molecule has 0 saturated carbocycles. The topological polar surface area (TPSA) is 94.6 Å². The van der Waals surface area contributed by atoms with E-state index in [1.807, 2.05) is 30.3 Å². The maximum absolute atomic E-state index is 13.1. The first-order chi connectivity index (χ1) is 20.6. The number of fused-ring (bicyclic) bond motifs is 1. The molecule has 0 saturated heterocycles. The third-order valence-electron chi connectivity index (χ3n) is 6.05. The standard InChI is InChI=1S/C30H21Cl2F3N4O4/c1-41-26-13-20-25(14-27(26)42-15-17-5-3-2-4-6-17)36-16-37-28(20)43-19-8-10-24(23(32)12-19)39-29(40)38-18-7-9-22(31)21(11-18)30(33,34)35/h2-14,16H,15H2,1H3,(H2,38,39,40). The van der Waals surface area contributed by atoms with Crippen LogP contribution < -0.4 is 24.8 Å². The van der Waals surface area contributed by atoms with E-state index in [1.165, 1.54) is 37.7 Å². The van der Waals surface area contributed by atoms with Crippen LogP contribution in [0.2, 0.25) is 10.0 Å². The zero-order valence-corrected chi connectivity index (χ0v) is 23.7. The molecule has 1 aromatic heterocycles. The summed E-state index contributed by atoms with van der Waals surface area (Å²) in [6.07, 6.45) is -3.34. The SMILES string of the molecule is COc1cc2c(Oc3ccc(NC(=O)Nc4ccc(Cl)c(C(F)(F)F)c4)c(Cl)c3)ncnc2cc1OCc1ccccc1. The molecule has 2 N–H and O–H groups in total. The summed E-state index contributed by atoms with van der Waals surface area (Å²) in [7, 11) is 1.52. The average molecular weight is 629 g/mol. The van der Waals surface area contributed by atoms with Gasteiger partial charge in [0, 0.05) is 17.8 Å². The van der Waals surface area contributed by atoms with Crippen molar-refractivity contribution in [1.29, 1.82) is 0 Å². The molecular weight excluding hydrogens is 608 g/mol. The molecule has 2 amide bonds. The normalized spacial score (nSPS) is 11.2. The summed E-state index contributed by atoms with van der Waals surface area (Å²) in [5.74, 6) is 1.46. The molecule has 5 rings (SSSR count). The second-order valence-corrected chi connectivity index (χ2v) is 9.80. The van der Waals surface area contributed by atoms with E-state index in [0.717, 1.165) is 17.7 Å². The number of rotatable bonds is 8. The van der Waals surface area contributed by atoms with Gasteiger partial charge in [-0.25, -0.2) is 14.8 Å². The number of carbonyl (C=O) groups excluding carboxylic acids is 1. The van der Waals surface area contributed by atoms with Gasteiger partial charge in [-0.15, -0.1) is 0 Å². The molecule has 0 fully saturated rings. The van der Waals surface area contributed by atoms with E-state index in [1.54, 1.807) is 12.1 Å². The molecule has 0 unspecified atom stereocenters. The number of halogens is 5. The van der Waals surface area contributed by atoms with Crippen LogP contribution in [-0.2, 0) is 12.8 Å². The van der Waals surface area contributed by atoms with Crippen molar-refractivity contribution in [3.8, 4) is 23.1 Å². The molecule has 0 radical (unpaired) electrons. The fourth-order valence-electron chi connectivity index (χ4n) is 4.01. The lowest BCUT2D eigenvalue weighted by atomic mass is 10.2. The van der Waals surface area contributed by atoms with E-state index < -0.39 is 22.8 Å². The average Bonchev–Trinajstić information content (AvgIpc) is 2.98. The van der Waals surface area contributed by atoms with Gasteiger partial charge in [0.15, 0.2) is 11.5 Å². The van der Waals surface area contributed by atoms with Crippen LogP contribution in [0, 0.1) is 0 Å². The lowest BCUT2D eigenvalue weighted by Crippen LogP contribution is -2.20. The molecule has 0 bridgehead atoms. The predicted molar refractivity (Wildman–Crippen MR) is 157 cm³/mol. The highest BCUT2D eigenvalue weighted by molar-refractivity contribution is 6.34. The number of ether oxygens (including phenoxy) is 3. The molecule has 13 heteroatoms. The Morgan fingerprint density at radius 3 is 2.40 bits per heavy atom. The summed E-state index contributed by atoms with van der Waals surface area (Å²) in [5.41, 5.74) is 0.545. The lowest BCUT2D eigenvalue weighted by molar-refractivity contribution is -0.137. The van der Waals surface area contributed by atoms with Gasteiger partial charge in [-0.3, -0.25) is 0 Å². The number of urea groups is 1. The smallest absolute Gasteiger partial charge is 0.417 e. The fraction of sp³-hybridized carbons (Fsp3) is 0.100. The zero-order chi connectivity index (χ0) is 30.6. The van der Waals surface area contributed by atoms with Crippen LogP contribution in [0.3, 0.4) is 0 Å². The second-order valence-electron chi connectivity index (χ2n) is 8.99. The molecule has 0 aliphatic heterocycles. The van der Waals surface area contributed by atoms with Crippen LogP contribution >= 0.6 is 23.2 Å². The van der Waals surface area contributed by atoms with E-state index in [9.17, 15) is 18.0 Å². The van der Waals surface area contributed by atoms with E-state index in [-0.39, 0.29) is 22.3 Å². The van der Waals surface area contributed by atoms with Gasteiger partial charge in [-0.1, -0.05) is 53.5 Å². The maximum Gasteiger partial charge on any atom is 0.417 e. The van der Waals surface area contributed by atoms with E-state index in [0.29, 0.717) is 34.8 Å². The summed E-state index contributed by atoms with van der Waals surface area (Å²) < 4.78 is 56.9. The molecule has 43 heavy (non-hydrogen) atoms. The van der Waals surface area contributed by atoms with Crippen molar-refractivity contribution in [2.45, 2.75) is 12.8 Å². The highest BCUT2D eigenvalue weighted by Crippen LogP contribution is 2.38. The van der Waals surface area contributed by atoms with Gasteiger partial charge in [-0.05, 0) is 42.0 Å². The van der Waals surface area contributed by atoms with Crippen molar-refractivity contribution in [3.63, 3.8) is 0 Å². The predicted octanol–water partition coefficient (Wildman–Crippen LogP) is 8.98. The highest BCUT2D eigenvalue weighted by atomic mass is 35.5. The molecule has 5 aromatic rings. The number of methoxy groups -OCH3 is 1. The van der Waals surface area contributed by atoms with Gasteiger partial charge in [0.1, 0.15) is 18.7 Å². The summed E-state index contributed by atoms with van der Waals surface area (Å²) in [4.78, 5) is 21.0. The van der Waals surface area contributed by atoms with Crippen molar-refractivity contribution < 1.29 is 32.2 Å². The minimum Gasteiger partial charge on any atom is -0.493 e. The van der Waals surface area contributed by atoms with Crippen molar-refractivity contribution in [2.75, 3.05) is 17.7 Å². The van der Waals surface area contributed by atoms with Crippen LogP contribution in [-0.4, -0.2) is 23.1 Å². The number of carbonyl (C=O) groups is 1. The fourth-order valence-corrected chi connectivity index (χ4v) is 4.45. The minimum atomic E-state index is -4.68. The number of nitrogens with zero attached hydrogens (tertiary/aromatic N) is 2. The van der Waals surface area contributed by atoms with Crippen molar-refractivity contribution in [1.82, 2.24) is 9.97 Å². The first-order valence-corrected chi connectivity index (χ1v) is 13.3. The summed E-state index contributed by atoms with van der Waals surface area (Å²) in [6, 6.07) is 19.8. The molecule has 1 heterocycles. The molecule has 0 aliphatic carbocycles. The summed E-state index contributed by atoms with van der Waals surface area (Å²) in [5, 5.41) is 4.99. The molecular formula is C30H21Cl2F3N4O4. The monoisotopic (exact) mass is 628 g/mol. The maximum atomic E-state index is 13.1. The summed E-state index contributed by atoms with van der Waals surface area (Å²) in [6.45, 7) is 0.336. The van der Waals surface area contributed by atoms with Crippen LogP contribution in [0.1, 0.15) is 11.1 Å². The molecule has 0 spiro atoms. The number of nitrogens with one attached hydrogen (secondary N) is 2. The van der Waals surface area contributed by atoms with Crippen LogP contribution in [0.15, 0.2) is 85.2 Å². The molecule has 4 aromatic carbocycles. The third-order valence-corrected chi connectivity index (χ3v) is 6.70. The number of hydrogen-bond donors (Lipinski definition) is 2. The van der Waals surface area contributed by atoms with Gasteiger partial charge in [-0.2, -0.15) is 13.2 Å². The Morgan fingerprint density at radius 1 is 0.884 bits per heavy atom. The van der Waals surface area contributed by atoms with Gasteiger partial charge < -0.3 is 24.8 Å². The zero-order valence-electron chi connectivity index (χ0n) is 22.2. The van der Waals surface area contributed by atoms with Gasteiger partial charge in [0.05, 0.1) is 39.3 Å². The number of benzene rings is 4. The van der Waals surface area contributed by atoms with Crippen molar-refractivity contribution >= 4 is 51.5 Å². The molecule has 0 atom stereocenters. The Balaban J connectivity index is 1.30. The third kappa shape index (κ3) is 7.19. The minimum absolute atomic E-state index is 0.104.